The molecule has 148 valence electrons. The van der Waals surface area contributed by atoms with Crippen LogP contribution in [-0.2, 0) is 21.8 Å². The lowest BCUT2D eigenvalue weighted by Gasteiger charge is -2.19. The number of hydrogen-bond donors (Lipinski definition) is 3. The fraction of sp³-hybridized carbons (Fsp3) is 0.333. The number of imidazole rings is 1. The predicted octanol–water partition coefficient (Wildman–Crippen LogP) is 1.82. The third kappa shape index (κ3) is 4.77. The standard InChI is InChI=1S/C15H14BrF3N2O6/c1-7(13(22)26-2)27-10-5-8(3-4-9(10)16)12-20-11(14(17,18)19)6-21(12)15(23,24)25/h3-7,23-25H,1-2H3. The lowest BCUT2D eigenvalue weighted by Crippen LogP contribution is -2.32. The van der Waals surface area contributed by atoms with Crippen molar-refractivity contribution in [1.82, 2.24) is 9.55 Å². The summed E-state index contributed by atoms with van der Waals surface area (Å²) >= 11 is 3.17. The summed E-state index contributed by atoms with van der Waals surface area (Å²) in [5, 5.41) is 28.0. The smallest absolute Gasteiger partial charge is 0.434 e. The summed E-state index contributed by atoms with van der Waals surface area (Å²) in [7, 11) is 1.16. The van der Waals surface area contributed by atoms with Gasteiger partial charge in [0.15, 0.2) is 11.8 Å². The molecule has 2 rings (SSSR count). The molecule has 1 atom stereocenters. The number of aliphatic hydroxyl groups is 3. The van der Waals surface area contributed by atoms with Gasteiger partial charge in [-0.05, 0) is 41.1 Å². The molecule has 0 aliphatic carbocycles. The van der Waals surface area contributed by atoms with Crippen molar-refractivity contribution in [3.8, 4) is 17.1 Å². The average Bonchev–Trinajstić information content (AvgIpc) is 3.02. The fourth-order valence-electron chi connectivity index (χ4n) is 2.09. The Bertz CT molecular complexity index is 847. The highest BCUT2D eigenvalue weighted by Crippen LogP contribution is 2.35. The SMILES string of the molecule is COC(=O)C(C)Oc1cc(-c2nc(C(F)(F)F)cn2C(O)(O)O)ccc1Br. The van der Waals surface area contributed by atoms with Crippen molar-refractivity contribution >= 4 is 21.9 Å². The van der Waals surface area contributed by atoms with Crippen molar-refractivity contribution in [2.45, 2.75) is 25.3 Å². The lowest BCUT2D eigenvalue weighted by atomic mass is 10.2. The van der Waals surface area contributed by atoms with Gasteiger partial charge in [-0.15, -0.1) is 0 Å². The molecule has 1 unspecified atom stereocenters. The predicted molar refractivity (Wildman–Crippen MR) is 87.1 cm³/mol. The number of halogens is 4. The maximum atomic E-state index is 12.9. The topological polar surface area (TPSA) is 114 Å². The van der Waals surface area contributed by atoms with Crippen LogP contribution in [-0.4, -0.2) is 44.1 Å². The van der Waals surface area contributed by atoms with Gasteiger partial charge in [0.1, 0.15) is 11.6 Å². The first-order valence-corrected chi connectivity index (χ1v) is 8.02. The van der Waals surface area contributed by atoms with Crippen LogP contribution in [0.3, 0.4) is 0 Å². The second kappa shape index (κ2) is 7.46. The van der Waals surface area contributed by atoms with Crippen LogP contribution in [0.2, 0.25) is 0 Å². The van der Waals surface area contributed by atoms with Gasteiger partial charge in [-0.3, -0.25) is 4.57 Å². The van der Waals surface area contributed by atoms with E-state index in [9.17, 15) is 33.3 Å². The molecule has 0 aliphatic rings. The van der Waals surface area contributed by atoms with E-state index in [0.29, 0.717) is 4.47 Å². The Labute approximate surface area is 158 Å². The molecule has 0 bridgehead atoms. The van der Waals surface area contributed by atoms with Crippen molar-refractivity contribution in [3.05, 3.63) is 34.6 Å². The highest BCUT2D eigenvalue weighted by atomic mass is 79.9. The van der Waals surface area contributed by atoms with Crippen molar-refractivity contribution < 1.29 is 42.8 Å². The number of esters is 1. The summed E-state index contributed by atoms with van der Waals surface area (Å²) in [6, 6.07) is 3.88. The summed E-state index contributed by atoms with van der Waals surface area (Å²) in [5.74, 6) is -1.24. The van der Waals surface area contributed by atoms with Crippen molar-refractivity contribution in [2.24, 2.45) is 0 Å². The van der Waals surface area contributed by atoms with Crippen LogP contribution in [0.15, 0.2) is 28.9 Å². The first-order chi connectivity index (χ1) is 12.3. The number of rotatable bonds is 5. The van der Waals surface area contributed by atoms with Gasteiger partial charge < -0.3 is 24.8 Å². The van der Waals surface area contributed by atoms with E-state index in [4.69, 9.17) is 4.74 Å². The number of alkyl halides is 3. The number of ether oxygens (including phenoxy) is 2. The molecule has 1 heterocycles. The van der Waals surface area contributed by atoms with Crippen LogP contribution in [0.25, 0.3) is 11.4 Å². The van der Waals surface area contributed by atoms with E-state index in [0.717, 1.165) is 7.11 Å². The summed E-state index contributed by atoms with van der Waals surface area (Å²) in [6.45, 7) is 1.40. The van der Waals surface area contributed by atoms with E-state index in [1.807, 2.05) is 0 Å². The van der Waals surface area contributed by atoms with Crippen LogP contribution >= 0.6 is 15.9 Å². The number of benzene rings is 1. The molecule has 1 aromatic heterocycles. The third-order valence-corrected chi connectivity index (χ3v) is 4.00. The van der Waals surface area contributed by atoms with Crippen molar-refractivity contribution in [2.75, 3.05) is 7.11 Å². The van der Waals surface area contributed by atoms with E-state index in [1.165, 1.54) is 25.1 Å². The number of hydrogen-bond acceptors (Lipinski definition) is 7. The molecule has 0 fully saturated rings. The Morgan fingerprint density at radius 3 is 2.44 bits per heavy atom. The Hall–Kier alpha value is -2.15. The third-order valence-electron chi connectivity index (χ3n) is 3.35. The molecule has 0 amide bonds. The number of nitrogens with zero attached hydrogens (tertiary/aromatic N) is 2. The van der Waals surface area contributed by atoms with E-state index in [2.05, 4.69) is 25.7 Å². The molecule has 0 aliphatic heterocycles. The monoisotopic (exact) mass is 454 g/mol. The Balaban J connectivity index is 2.54. The van der Waals surface area contributed by atoms with Crippen LogP contribution in [0, 0.1) is 0 Å². The van der Waals surface area contributed by atoms with Crippen LogP contribution in [0.5, 0.6) is 5.75 Å². The molecule has 27 heavy (non-hydrogen) atoms. The quantitative estimate of drug-likeness (QED) is 0.466. The van der Waals surface area contributed by atoms with E-state index < -0.39 is 35.9 Å². The largest absolute Gasteiger partial charge is 0.478 e. The molecule has 0 saturated heterocycles. The van der Waals surface area contributed by atoms with Gasteiger partial charge in [0.2, 0.25) is 0 Å². The zero-order valence-corrected chi connectivity index (χ0v) is 15.4. The minimum absolute atomic E-state index is 0.0490. The van der Waals surface area contributed by atoms with Crippen molar-refractivity contribution in [1.29, 1.82) is 0 Å². The van der Waals surface area contributed by atoms with E-state index in [-0.39, 0.29) is 22.1 Å². The molecular weight excluding hydrogens is 441 g/mol. The number of carbonyl (C=O) groups is 1. The van der Waals surface area contributed by atoms with Crippen molar-refractivity contribution in [3.63, 3.8) is 0 Å². The van der Waals surface area contributed by atoms with Crippen LogP contribution in [0.4, 0.5) is 13.2 Å². The molecule has 12 heteroatoms. The molecular formula is C15H14BrF3N2O6. The van der Waals surface area contributed by atoms with E-state index >= 15 is 0 Å². The number of methoxy groups -OCH3 is 1. The van der Waals surface area contributed by atoms with Crippen LogP contribution < -0.4 is 4.74 Å². The molecule has 0 spiro atoms. The first kappa shape index (κ1) is 21.2. The fourth-order valence-corrected chi connectivity index (χ4v) is 2.43. The summed E-state index contributed by atoms with van der Waals surface area (Å²) in [6.07, 6.45) is -9.30. The zero-order chi connectivity index (χ0) is 20.6. The number of aromatic nitrogens is 2. The maximum Gasteiger partial charge on any atom is 0.434 e. The Morgan fingerprint density at radius 2 is 1.93 bits per heavy atom. The van der Waals surface area contributed by atoms with Gasteiger partial charge in [-0.2, -0.15) is 13.2 Å². The summed E-state index contributed by atoms with van der Waals surface area (Å²) in [4.78, 5) is 14.8. The van der Waals surface area contributed by atoms with Gasteiger partial charge in [0.05, 0.1) is 11.6 Å². The van der Waals surface area contributed by atoms with Gasteiger partial charge in [0, 0.05) is 11.8 Å². The van der Waals surface area contributed by atoms with Crippen LogP contribution in [0.1, 0.15) is 12.6 Å². The zero-order valence-electron chi connectivity index (χ0n) is 13.9. The molecule has 3 N–H and O–H groups in total. The Morgan fingerprint density at radius 1 is 1.30 bits per heavy atom. The molecule has 2 aromatic rings. The van der Waals surface area contributed by atoms with Gasteiger partial charge >= 0.3 is 18.2 Å². The van der Waals surface area contributed by atoms with Gasteiger partial charge in [-0.25, -0.2) is 9.78 Å². The highest BCUT2D eigenvalue weighted by molar-refractivity contribution is 9.10. The normalized spacial score (nSPS) is 13.4. The molecule has 0 saturated carbocycles. The van der Waals surface area contributed by atoms with Gasteiger partial charge in [-0.1, -0.05) is 0 Å². The summed E-state index contributed by atoms with van der Waals surface area (Å²) in [5.41, 5.74) is -1.50. The molecule has 0 radical (unpaired) electrons. The van der Waals surface area contributed by atoms with E-state index in [1.54, 1.807) is 0 Å². The highest BCUT2D eigenvalue weighted by Gasteiger charge is 2.38. The molecule has 8 nitrogen and oxygen atoms in total. The minimum atomic E-state index is -4.89. The first-order valence-electron chi connectivity index (χ1n) is 7.23. The number of carbonyl (C=O) groups excluding carboxylic acids is 1. The Kier molecular flexibility index (Phi) is 5.85. The average molecular weight is 455 g/mol. The molecule has 1 aromatic carbocycles. The minimum Gasteiger partial charge on any atom is -0.478 e. The second-order valence-corrected chi connectivity index (χ2v) is 6.20. The summed E-state index contributed by atoms with van der Waals surface area (Å²) < 4.78 is 49.2. The van der Waals surface area contributed by atoms with Gasteiger partial charge in [0.25, 0.3) is 0 Å². The second-order valence-electron chi connectivity index (χ2n) is 5.35. The lowest BCUT2D eigenvalue weighted by molar-refractivity contribution is -0.374. The maximum absolute atomic E-state index is 12.9.